The van der Waals surface area contributed by atoms with Crippen molar-refractivity contribution in [3.8, 4) is 11.5 Å². The topological polar surface area (TPSA) is 116 Å². The van der Waals surface area contributed by atoms with Crippen LogP contribution in [0.1, 0.15) is 34.2 Å². The van der Waals surface area contributed by atoms with Gasteiger partial charge in [0.05, 0.1) is 17.7 Å². The predicted octanol–water partition coefficient (Wildman–Crippen LogP) is 5.39. The maximum atomic E-state index is 12.4. The van der Waals surface area contributed by atoms with Crippen LogP contribution in [-0.4, -0.2) is 23.7 Å². The summed E-state index contributed by atoms with van der Waals surface area (Å²) in [5.74, 6) is 0.578. The summed E-state index contributed by atoms with van der Waals surface area (Å²) in [6.45, 7) is 4.78. The number of hydrogen-bond donors (Lipinski definition) is 1. The zero-order chi connectivity index (χ0) is 24.8. The van der Waals surface area contributed by atoms with Gasteiger partial charge in [-0.3, -0.25) is 14.9 Å². The van der Waals surface area contributed by atoms with Crippen LogP contribution in [0.2, 0.25) is 0 Å². The lowest BCUT2D eigenvalue weighted by molar-refractivity contribution is -0.384. The SMILES string of the molecule is CCOc1cc(/C=N\NC(=O)c2cc3cc([N+](=O)[O-])ccc3o2)ccc1OCc1ccc(C)cc1. The van der Waals surface area contributed by atoms with Crippen molar-refractivity contribution in [2.24, 2.45) is 5.10 Å². The van der Waals surface area contributed by atoms with Crippen LogP contribution in [0.15, 0.2) is 76.2 Å². The second-order valence-corrected chi connectivity index (χ2v) is 7.70. The maximum absolute atomic E-state index is 12.4. The first-order chi connectivity index (χ1) is 16.9. The summed E-state index contributed by atoms with van der Waals surface area (Å²) in [6.07, 6.45) is 1.47. The molecule has 3 aromatic carbocycles. The van der Waals surface area contributed by atoms with E-state index in [1.54, 1.807) is 18.2 Å². The number of ether oxygens (including phenoxy) is 2. The van der Waals surface area contributed by atoms with Crippen molar-refractivity contribution in [3.05, 3.63) is 99.3 Å². The highest BCUT2D eigenvalue weighted by molar-refractivity contribution is 5.97. The normalized spacial score (nSPS) is 11.0. The number of hydrogen-bond acceptors (Lipinski definition) is 7. The average Bonchev–Trinajstić information content (AvgIpc) is 3.28. The van der Waals surface area contributed by atoms with Crippen molar-refractivity contribution in [1.29, 1.82) is 0 Å². The van der Waals surface area contributed by atoms with Crippen molar-refractivity contribution in [1.82, 2.24) is 5.43 Å². The Hall–Kier alpha value is -4.66. The molecular weight excluding hydrogens is 450 g/mol. The van der Waals surface area contributed by atoms with Gasteiger partial charge in [-0.05, 0) is 55.3 Å². The monoisotopic (exact) mass is 473 g/mol. The van der Waals surface area contributed by atoms with E-state index in [1.807, 2.05) is 38.1 Å². The van der Waals surface area contributed by atoms with E-state index in [9.17, 15) is 14.9 Å². The van der Waals surface area contributed by atoms with Crippen LogP contribution in [0.5, 0.6) is 11.5 Å². The highest BCUT2D eigenvalue weighted by atomic mass is 16.6. The molecule has 0 aliphatic carbocycles. The molecular formula is C26H23N3O6. The third-order valence-electron chi connectivity index (χ3n) is 5.10. The van der Waals surface area contributed by atoms with E-state index in [0.717, 1.165) is 5.56 Å². The van der Waals surface area contributed by atoms with Gasteiger partial charge in [-0.15, -0.1) is 0 Å². The van der Waals surface area contributed by atoms with Crippen molar-refractivity contribution >= 4 is 28.8 Å². The molecule has 0 spiro atoms. The van der Waals surface area contributed by atoms with Gasteiger partial charge in [0.15, 0.2) is 17.3 Å². The predicted molar refractivity (Wildman–Crippen MR) is 131 cm³/mol. The van der Waals surface area contributed by atoms with Gasteiger partial charge < -0.3 is 13.9 Å². The van der Waals surface area contributed by atoms with Crippen molar-refractivity contribution in [2.45, 2.75) is 20.5 Å². The molecule has 0 fully saturated rings. The molecule has 0 aliphatic rings. The molecule has 4 rings (SSSR count). The minimum Gasteiger partial charge on any atom is -0.490 e. The van der Waals surface area contributed by atoms with Crippen LogP contribution in [0.3, 0.4) is 0 Å². The van der Waals surface area contributed by atoms with E-state index in [2.05, 4.69) is 10.5 Å². The molecule has 0 radical (unpaired) electrons. The van der Waals surface area contributed by atoms with Gasteiger partial charge in [0, 0.05) is 17.5 Å². The standard InChI is InChI=1S/C26H23N3O6/c1-3-33-24-12-19(8-10-23(24)34-16-18-6-4-17(2)5-7-18)15-27-28-26(30)25-14-20-13-21(29(31)32)9-11-22(20)35-25/h4-15H,3,16H2,1-2H3,(H,28,30)/b27-15-. The van der Waals surface area contributed by atoms with Gasteiger partial charge in [0.1, 0.15) is 12.2 Å². The zero-order valence-corrected chi connectivity index (χ0v) is 19.2. The minimum atomic E-state index is -0.580. The highest BCUT2D eigenvalue weighted by Crippen LogP contribution is 2.29. The van der Waals surface area contributed by atoms with Gasteiger partial charge >= 0.3 is 5.91 Å². The number of rotatable bonds is 9. The Morgan fingerprint density at radius 1 is 1.06 bits per heavy atom. The van der Waals surface area contributed by atoms with Crippen LogP contribution in [0.25, 0.3) is 11.0 Å². The molecule has 1 N–H and O–H groups in total. The van der Waals surface area contributed by atoms with Crippen LogP contribution in [0, 0.1) is 17.0 Å². The zero-order valence-electron chi connectivity index (χ0n) is 19.2. The van der Waals surface area contributed by atoms with E-state index in [4.69, 9.17) is 13.9 Å². The van der Waals surface area contributed by atoms with Gasteiger partial charge in [-0.25, -0.2) is 5.43 Å². The number of nitrogens with zero attached hydrogens (tertiary/aromatic N) is 2. The summed E-state index contributed by atoms with van der Waals surface area (Å²) < 4.78 is 17.1. The van der Waals surface area contributed by atoms with E-state index in [0.29, 0.717) is 41.2 Å². The lowest BCUT2D eigenvalue weighted by Crippen LogP contribution is -2.16. The van der Waals surface area contributed by atoms with Gasteiger partial charge in [-0.1, -0.05) is 29.8 Å². The summed E-state index contributed by atoms with van der Waals surface area (Å²) in [5, 5.41) is 15.4. The van der Waals surface area contributed by atoms with Crippen LogP contribution >= 0.6 is 0 Å². The van der Waals surface area contributed by atoms with E-state index in [1.165, 1.54) is 36.0 Å². The molecule has 35 heavy (non-hydrogen) atoms. The summed E-state index contributed by atoms with van der Waals surface area (Å²) in [7, 11) is 0. The number of hydrazone groups is 1. The molecule has 4 aromatic rings. The largest absolute Gasteiger partial charge is 0.490 e. The molecule has 1 heterocycles. The Morgan fingerprint density at radius 3 is 2.60 bits per heavy atom. The number of furan rings is 1. The summed E-state index contributed by atoms with van der Waals surface area (Å²) in [6, 6.07) is 19.0. The molecule has 1 amide bonds. The number of carbonyl (C=O) groups is 1. The molecule has 1 aromatic heterocycles. The summed E-state index contributed by atoms with van der Waals surface area (Å²) in [5.41, 5.74) is 5.60. The Morgan fingerprint density at radius 2 is 1.86 bits per heavy atom. The van der Waals surface area contributed by atoms with Crippen molar-refractivity contribution in [2.75, 3.05) is 6.61 Å². The van der Waals surface area contributed by atoms with Gasteiger partial charge in [-0.2, -0.15) is 5.10 Å². The smallest absolute Gasteiger partial charge is 0.307 e. The lowest BCUT2D eigenvalue weighted by Gasteiger charge is -2.12. The van der Waals surface area contributed by atoms with E-state index < -0.39 is 10.8 Å². The molecule has 0 aliphatic heterocycles. The molecule has 0 bridgehead atoms. The second-order valence-electron chi connectivity index (χ2n) is 7.70. The fraction of sp³-hybridized carbons (Fsp3) is 0.154. The fourth-order valence-electron chi connectivity index (χ4n) is 3.31. The third-order valence-corrected chi connectivity index (χ3v) is 5.10. The summed E-state index contributed by atoms with van der Waals surface area (Å²) in [4.78, 5) is 22.8. The number of non-ortho nitro benzene ring substituents is 1. The number of fused-ring (bicyclic) bond motifs is 1. The average molecular weight is 473 g/mol. The number of nitro groups is 1. The number of amides is 1. The molecule has 0 saturated carbocycles. The Balaban J connectivity index is 1.41. The van der Waals surface area contributed by atoms with Crippen LogP contribution < -0.4 is 14.9 Å². The van der Waals surface area contributed by atoms with E-state index in [-0.39, 0.29) is 11.4 Å². The Bertz CT molecular complexity index is 1390. The number of nitrogens with one attached hydrogen (secondary N) is 1. The molecule has 9 nitrogen and oxygen atoms in total. The Labute approximate surface area is 201 Å². The van der Waals surface area contributed by atoms with Crippen LogP contribution in [0.4, 0.5) is 5.69 Å². The number of carbonyl (C=O) groups excluding carboxylic acids is 1. The number of aryl methyl sites for hydroxylation is 1. The first-order valence-electron chi connectivity index (χ1n) is 10.9. The number of nitro benzene ring substituents is 1. The minimum absolute atomic E-state index is 0.00694. The lowest BCUT2D eigenvalue weighted by atomic mass is 10.2. The molecule has 0 unspecified atom stereocenters. The quantitative estimate of drug-likeness (QED) is 0.198. The first kappa shape index (κ1) is 23.5. The van der Waals surface area contributed by atoms with Crippen molar-refractivity contribution in [3.63, 3.8) is 0 Å². The molecule has 178 valence electrons. The number of benzene rings is 3. The van der Waals surface area contributed by atoms with Crippen molar-refractivity contribution < 1.29 is 23.6 Å². The van der Waals surface area contributed by atoms with Gasteiger partial charge in [0.2, 0.25) is 0 Å². The highest BCUT2D eigenvalue weighted by Gasteiger charge is 2.14. The van der Waals surface area contributed by atoms with Crippen LogP contribution in [-0.2, 0) is 6.61 Å². The summed E-state index contributed by atoms with van der Waals surface area (Å²) >= 11 is 0. The first-order valence-corrected chi connectivity index (χ1v) is 10.9. The Kier molecular flexibility index (Phi) is 7.06. The maximum Gasteiger partial charge on any atom is 0.307 e. The third kappa shape index (κ3) is 5.83. The second kappa shape index (κ2) is 10.5. The molecule has 0 atom stereocenters. The molecule has 0 saturated heterocycles. The fourth-order valence-corrected chi connectivity index (χ4v) is 3.31. The molecule has 9 heteroatoms. The van der Waals surface area contributed by atoms with Gasteiger partial charge in [0.25, 0.3) is 5.69 Å². The van der Waals surface area contributed by atoms with E-state index >= 15 is 0 Å².